The van der Waals surface area contributed by atoms with Crippen molar-refractivity contribution in [1.82, 2.24) is 15.2 Å². The average Bonchev–Trinajstić information content (AvgIpc) is 2.64. The van der Waals surface area contributed by atoms with Gasteiger partial charge in [0, 0.05) is 44.0 Å². The van der Waals surface area contributed by atoms with E-state index >= 15 is 0 Å². The number of para-hydroxylation sites is 1. The summed E-state index contributed by atoms with van der Waals surface area (Å²) in [6, 6.07) is 14.0. The number of aromatic nitrogens is 1. The van der Waals surface area contributed by atoms with Gasteiger partial charge >= 0.3 is 0 Å². The summed E-state index contributed by atoms with van der Waals surface area (Å²) in [6.45, 7) is 2.87. The first-order valence-corrected chi connectivity index (χ1v) is 8.96. The second-order valence-corrected chi connectivity index (χ2v) is 6.64. The fourth-order valence-electron chi connectivity index (χ4n) is 3.27. The van der Waals surface area contributed by atoms with E-state index in [1.807, 2.05) is 42.6 Å². The summed E-state index contributed by atoms with van der Waals surface area (Å²) in [5.41, 5.74) is 8.84. The number of nitrogens with two attached hydrogens (primary N) is 1. The standard InChI is InChI=1S/C20H26N4O/c21-19-7-2-1-5-16(19)8-9-20(25)23-17-10-13-24(14-11-17)15-18-6-3-4-12-22-18/h1-7,12,17H,8-11,13-15,21H2,(H,23,25). The molecule has 0 saturated carbocycles. The average molecular weight is 338 g/mol. The lowest BCUT2D eigenvalue weighted by molar-refractivity contribution is -0.122. The van der Waals surface area contributed by atoms with Crippen LogP contribution in [-0.2, 0) is 17.8 Å². The van der Waals surface area contributed by atoms with Gasteiger partial charge in [-0.3, -0.25) is 14.7 Å². The van der Waals surface area contributed by atoms with Gasteiger partial charge in [-0.2, -0.15) is 0 Å². The van der Waals surface area contributed by atoms with Crippen LogP contribution in [0.2, 0.25) is 0 Å². The van der Waals surface area contributed by atoms with Gasteiger partial charge in [-0.1, -0.05) is 24.3 Å². The number of piperidine rings is 1. The van der Waals surface area contributed by atoms with Crippen LogP contribution in [0.1, 0.15) is 30.5 Å². The molecule has 1 aliphatic heterocycles. The minimum Gasteiger partial charge on any atom is -0.399 e. The number of anilines is 1. The lowest BCUT2D eigenvalue weighted by Crippen LogP contribution is -2.44. The maximum atomic E-state index is 12.2. The van der Waals surface area contributed by atoms with Crippen molar-refractivity contribution in [2.24, 2.45) is 0 Å². The van der Waals surface area contributed by atoms with Crippen LogP contribution < -0.4 is 11.1 Å². The number of nitrogen functional groups attached to an aromatic ring is 1. The maximum absolute atomic E-state index is 12.2. The van der Waals surface area contributed by atoms with Crippen molar-refractivity contribution < 1.29 is 4.79 Å². The molecule has 25 heavy (non-hydrogen) atoms. The maximum Gasteiger partial charge on any atom is 0.220 e. The smallest absolute Gasteiger partial charge is 0.220 e. The molecule has 5 heteroatoms. The third kappa shape index (κ3) is 5.29. The zero-order valence-electron chi connectivity index (χ0n) is 14.5. The number of hydrogen-bond donors (Lipinski definition) is 2. The molecule has 132 valence electrons. The van der Waals surface area contributed by atoms with Crippen LogP contribution in [0.3, 0.4) is 0 Å². The monoisotopic (exact) mass is 338 g/mol. The van der Waals surface area contributed by atoms with Crippen molar-refractivity contribution in [1.29, 1.82) is 0 Å². The predicted octanol–water partition coefficient (Wildman–Crippen LogP) is 2.38. The zero-order chi connectivity index (χ0) is 17.5. The highest BCUT2D eigenvalue weighted by Gasteiger charge is 2.20. The zero-order valence-corrected chi connectivity index (χ0v) is 14.5. The van der Waals surface area contributed by atoms with Crippen molar-refractivity contribution in [2.75, 3.05) is 18.8 Å². The fraction of sp³-hybridized carbons (Fsp3) is 0.400. The number of pyridine rings is 1. The molecule has 0 aliphatic carbocycles. The van der Waals surface area contributed by atoms with Crippen LogP contribution in [0.15, 0.2) is 48.7 Å². The largest absolute Gasteiger partial charge is 0.399 e. The second-order valence-electron chi connectivity index (χ2n) is 6.64. The molecule has 0 radical (unpaired) electrons. The van der Waals surface area contributed by atoms with E-state index in [1.54, 1.807) is 0 Å². The molecule has 3 N–H and O–H groups in total. The third-order valence-corrected chi connectivity index (χ3v) is 4.74. The molecule has 0 unspecified atom stereocenters. The van der Waals surface area contributed by atoms with Gasteiger partial charge in [-0.15, -0.1) is 0 Å². The highest BCUT2D eigenvalue weighted by Crippen LogP contribution is 2.15. The molecule has 1 saturated heterocycles. The van der Waals surface area contributed by atoms with Crippen molar-refractivity contribution in [2.45, 2.75) is 38.3 Å². The number of rotatable bonds is 6. The highest BCUT2D eigenvalue weighted by molar-refractivity contribution is 5.76. The number of nitrogens with zero attached hydrogens (tertiary/aromatic N) is 2. The minimum absolute atomic E-state index is 0.117. The molecular weight excluding hydrogens is 312 g/mol. The van der Waals surface area contributed by atoms with Crippen molar-refractivity contribution in [3.05, 3.63) is 59.9 Å². The number of hydrogen-bond acceptors (Lipinski definition) is 4. The number of likely N-dealkylation sites (tertiary alicyclic amines) is 1. The Morgan fingerprint density at radius 3 is 2.64 bits per heavy atom. The lowest BCUT2D eigenvalue weighted by Gasteiger charge is -2.32. The second kappa shape index (κ2) is 8.62. The first-order valence-electron chi connectivity index (χ1n) is 8.96. The summed E-state index contributed by atoms with van der Waals surface area (Å²) in [7, 11) is 0. The summed E-state index contributed by atoms with van der Waals surface area (Å²) in [4.78, 5) is 19.0. The van der Waals surface area contributed by atoms with Crippen LogP contribution in [0.4, 0.5) is 5.69 Å². The van der Waals surface area contributed by atoms with Crippen LogP contribution in [0, 0.1) is 0 Å². The predicted molar refractivity (Wildman–Crippen MR) is 99.9 cm³/mol. The quantitative estimate of drug-likeness (QED) is 0.793. The van der Waals surface area contributed by atoms with E-state index in [2.05, 4.69) is 21.3 Å². The highest BCUT2D eigenvalue weighted by atomic mass is 16.1. The van der Waals surface area contributed by atoms with E-state index < -0.39 is 0 Å². The van der Waals surface area contributed by atoms with Gasteiger partial charge in [0.15, 0.2) is 0 Å². The minimum atomic E-state index is 0.117. The Labute approximate surface area is 149 Å². The van der Waals surface area contributed by atoms with Crippen LogP contribution >= 0.6 is 0 Å². The first-order chi connectivity index (χ1) is 12.2. The molecule has 0 spiro atoms. The van der Waals surface area contributed by atoms with Crippen molar-refractivity contribution >= 4 is 11.6 Å². The van der Waals surface area contributed by atoms with Gasteiger partial charge in [-0.25, -0.2) is 0 Å². The molecule has 1 aliphatic rings. The normalized spacial score (nSPS) is 15.8. The van der Waals surface area contributed by atoms with Crippen LogP contribution in [0.5, 0.6) is 0 Å². The van der Waals surface area contributed by atoms with Gasteiger partial charge in [0.2, 0.25) is 5.91 Å². The van der Waals surface area contributed by atoms with Crippen LogP contribution in [-0.4, -0.2) is 34.9 Å². The van der Waals surface area contributed by atoms with Crippen molar-refractivity contribution in [3.8, 4) is 0 Å². The fourth-order valence-corrected chi connectivity index (χ4v) is 3.27. The molecule has 1 fully saturated rings. The molecule has 1 aromatic carbocycles. The van der Waals surface area contributed by atoms with E-state index in [0.717, 1.165) is 49.4 Å². The third-order valence-electron chi connectivity index (χ3n) is 4.74. The Bertz CT molecular complexity index is 681. The number of nitrogens with one attached hydrogen (secondary N) is 1. The Morgan fingerprint density at radius 2 is 1.92 bits per heavy atom. The van der Waals surface area contributed by atoms with E-state index in [9.17, 15) is 4.79 Å². The van der Waals surface area contributed by atoms with E-state index in [-0.39, 0.29) is 11.9 Å². The number of amides is 1. The number of aryl methyl sites for hydroxylation is 1. The molecular formula is C20H26N4O. The van der Waals surface area contributed by atoms with E-state index in [4.69, 9.17) is 5.73 Å². The van der Waals surface area contributed by atoms with Crippen LogP contribution in [0.25, 0.3) is 0 Å². The number of carbonyl (C=O) groups excluding carboxylic acids is 1. The molecule has 1 aromatic heterocycles. The molecule has 0 atom stereocenters. The van der Waals surface area contributed by atoms with Crippen molar-refractivity contribution in [3.63, 3.8) is 0 Å². The summed E-state index contributed by atoms with van der Waals surface area (Å²) >= 11 is 0. The molecule has 1 amide bonds. The summed E-state index contributed by atoms with van der Waals surface area (Å²) in [5.74, 6) is 0.117. The number of carbonyl (C=O) groups is 1. The lowest BCUT2D eigenvalue weighted by atomic mass is 10.0. The summed E-state index contributed by atoms with van der Waals surface area (Å²) in [6.07, 6.45) is 5.00. The summed E-state index contributed by atoms with van der Waals surface area (Å²) < 4.78 is 0. The molecule has 0 bridgehead atoms. The van der Waals surface area contributed by atoms with Gasteiger partial charge in [0.05, 0.1) is 5.69 Å². The molecule has 5 nitrogen and oxygen atoms in total. The Balaban J connectivity index is 1.38. The SMILES string of the molecule is Nc1ccccc1CCC(=O)NC1CCN(Cc2ccccn2)CC1. The van der Waals surface area contributed by atoms with E-state index in [1.165, 1.54) is 0 Å². The molecule has 2 aromatic rings. The summed E-state index contributed by atoms with van der Waals surface area (Å²) in [5, 5.41) is 3.17. The molecule has 3 rings (SSSR count). The van der Waals surface area contributed by atoms with Gasteiger partial charge in [-0.05, 0) is 43.0 Å². The first kappa shape index (κ1) is 17.4. The molecule has 2 heterocycles. The topological polar surface area (TPSA) is 71.2 Å². The van der Waals surface area contributed by atoms with Gasteiger partial charge in [0.25, 0.3) is 0 Å². The Hall–Kier alpha value is -2.40. The van der Waals surface area contributed by atoms with Gasteiger partial charge < -0.3 is 11.1 Å². The van der Waals surface area contributed by atoms with E-state index in [0.29, 0.717) is 12.8 Å². The Kier molecular flexibility index (Phi) is 6.01. The van der Waals surface area contributed by atoms with Gasteiger partial charge in [0.1, 0.15) is 0 Å². The number of benzene rings is 1. The Morgan fingerprint density at radius 1 is 1.16 bits per heavy atom.